The van der Waals surface area contributed by atoms with Crippen LogP contribution in [0.2, 0.25) is 0 Å². The lowest BCUT2D eigenvalue weighted by Crippen LogP contribution is -2.23. The Morgan fingerprint density at radius 3 is 2.15 bits per heavy atom. The van der Waals surface area contributed by atoms with Gasteiger partial charge < -0.3 is 5.73 Å². The van der Waals surface area contributed by atoms with Crippen LogP contribution in [0.15, 0.2) is 42.5 Å². The van der Waals surface area contributed by atoms with Crippen LogP contribution in [-0.2, 0) is 12.8 Å². The van der Waals surface area contributed by atoms with Crippen molar-refractivity contribution in [1.82, 2.24) is 0 Å². The first-order valence-corrected chi connectivity index (χ1v) is 7.41. The maximum absolute atomic E-state index is 6.29. The van der Waals surface area contributed by atoms with Crippen LogP contribution in [0, 0.1) is 20.8 Å². The Kier molecular flexibility index (Phi) is 4.97. The standard InChI is InChI=1S/C19H25N/c1-14-5-4-6-17(10-14)7-8-19(20)13-18-11-15(2)9-16(3)12-18/h4-6,9-12,19H,7-8,13,20H2,1-3H3. The molecular weight excluding hydrogens is 242 g/mol. The Hall–Kier alpha value is -1.60. The van der Waals surface area contributed by atoms with Crippen LogP contribution in [0.5, 0.6) is 0 Å². The van der Waals surface area contributed by atoms with Gasteiger partial charge in [0.2, 0.25) is 0 Å². The van der Waals surface area contributed by atoms with Gasteiger partial charge in [0.25, 0.3) is 0 Å². The van der Waals surface area contributed by atoms with E-state index in [9.17, 15) is 0 Å². The van der Waals surface area contributed by atoms with Crippen LogP contribution in [0.3, 0.4) is 0 Å². The lowest BCUT2D eigenvalue weighted by molar-refractivity contribution is 0.610. The highest BCUT2D eigenvalue weighted by atomic mass is 14.6. The van der Waals surface area contributed by atoms with E-state index in [1.165, 1.54) is 27.8 Å². The van der Waals surface area contributed by atoms with Gasteiger partial charge in [0, 0.05) is 6.04 Å². The first-order valence-electron chi connectivity index (χ1n) is 7.41. The average Bonchev–Trinajstić information content (AvgIpc) is 2.35. The van der Waals surface area contributed by atoms with E-state index in [4.69, 9.17) is 5.73 Å². The van der Waals surface area contributed by atoms with Gasteiger partial charge in [-0.3, -0.25) is 0 Å². The second kappa shape index (κ2) is 6.71. The Morgan fingerprint density at radius 1 is 0.850 bits per heavy atom. The van der Waals surface area contributed by atoms with Crippen molar-refractivity contribution in [3.63, 3.8) is 0 Å². The predicted molar refractivity (Wildman–Crippen MR) is 87.1 cm³/mol. The summed E-state index contributed by atoms with van der Waals surface area (Å²) < 4.78 is 0. The Balaban J connectivity index is 1.90. The summed E-state index contributed by atoms with van der Waals surface area (Å²) in [4.78, 5) is 0. The molecule has 0 aliphatic heterocycles. The molecule has 0 aliphatic carbocycles. The SMILES string of the molecule is Cc1cccc(CCC(N)Cc2cc(C)cc(C)c2)c1. The third-order valence-corrected chi connectivity index (χ3v) is 3.67. The summed E-state index contributed by atoms with van der Waals surface area (Å²) in [6, 6.07) is 15.6. The first kappa shape index (κ1) is 14.8. The normalized spacial score (nSPS) is 12.4. The van der Waals surface area contributed by atoms with E-state index in [0.717, 1.165) is 19.3 Å². The highest BCUT2D eigenvalue weighted by Gasteiger charge is 2.06. The minimum Gasteiger partial charge on any atom is -0.327 e. The van der Waals surface area contributed by atoms with Gasteiger partial charge in [-0.2, -0.15) is 0 Å². The molecule has 0 radical (unpaired) electrons. The third-order valence-electron chi connectivity index (χ3n) is 3.67. The maximum Gasteiger partial charge on any atom is 0.00824 e. The highest BCUT2D eigenvalue weighted by Crippen LogP contribution is 2.13. The van der Waals surface area contributed by atoms with Crippen molar-refractivity contribution in [2.45, 2.75) is 46.1 Å². The molecule has 0 aromatic heterocycles. The molecule has 1 heteroatoms. The number of nitrogens with two attached hydrogens (primary N) is 1. The van der Waals surface area contributed by atoms with Crippen molar-refractivity contribution < 1.29 is 0 Å². The minimum atomic E-state index is 0.233. The van der Waals surface area contributed by atoms with Crippen molar-refractivity contribution in [3.05, 3.63) is 70.3 Å². The van der Waals surface area contributed by atoms with Crippen molar-refractivity contribution in [2.75, 3.05) is 0 Å². The van der Waals surface area contributed by atoms with E-state index in [1.54, 1.807) is 0 Å². The van der Waals surface area contributed by atoms with Crippen molar-refractivity contribution in [1.29, 1.82) is 0 Å². The zero-order valence-electron chi connectivity index (χ0n) is 12.8. The number of hydrogen-bond acceptors (Lipinski definition) is 1. The van der Waals surface area contributed by atoms with Crippen LogP contribution >= 0.6 is 0 Å². The fraction of sp³-hybridized carbons (Fsp3) is 0.368. The molecule has 0 amide bonds. The number of aryl methyl sites for hydroxylation is 4. The Labute approximate surface area is 122 Å². The summed E-state index contributed by atoms with van der Waals surface area (Å²) in [5.74, 6) is 0. The van der Waals surface area contributed by atoms with Gasteiger partial charge in [0.05, 0.1) is 0 Å². The smallest absolute Gasteiger partial charge is 0.00824 e. The second-order valence-electron chi connectivity index (χ2n) is 5.99. The fourth-order valence-corrected chi connectivity index (χ4v) is 2.81. The molecular formula is C19H25N. The fourth-order valence-electron chi connectivity index (χ4n) is 2.81. The van der Waals surface area contributed by atoms with E-state index < -0.39 is 0 Å². The molecule has 0 aliphatic rings. The molecule has 20 heavy (non-hydrogen) atoms. The van der Waals surface area contributed by atoms with Crippen molar-refractivity contribution >= 4 is 0 Å². The van der Waals surface area contributed by atoms with Crippen LogP contribution in [0.25, 0.3) is 0 Å². The van der Waals surface area contributed by atoms with E-state index in [2.05, 4.69) is 63.2 Å². The molecule has 0 bridgehead atoms. The summed E-state index contributed by atoms with van der Waals surface area (Å²) in [5, 5.41) is 0. The van der Waals surface area contributed by atoms with Crippen molar-refractivity contribution in [3.8, 4) is 0 Å². The van der Waals surface area contributed by atoms with Gasteiger partial charge in [-0.1, -0.05) is 59.2 Å². The van der Waals surface area contributed by atoms with E-state index in [-0.39, 0.29) is 6.04 Å². The highest BCUT2D eigenvalue weighted by molar-refractivity contribution is 5.29. The monoisotopic (exact) mass is 267 g/mol. The molecule has 0 spiro atoms. The van der Waals surface area contributed by atoms with Gasteiger partial charge in [-0.15, -0.1) is 0 Å². The van der Waals surface area contributed by atoms with Crippen LogP contribution in [-0.4, -0.2) is 6.04 Å². The molecule has 2 rings (SSSR count). The van der Waals surface area contributed by atoms with E-state index >= 15 is 0 Å². The van der Waals surface area contributed by atoms with Crippen LogP contribution < -0.4 is 5.73 Å². The minimum absolute atomic E-state index is 0.233. The molecule has 2 N–H and O–H groups in total. The lowest BCUT2D eigenvalue weighted by Gasteiger charge is -2.13. The lowest BCUT2D eigenvalue weighted by atomic mass is 9.97. The molecule has 0 saturated carbocycles. The molecule has 2 aromatic carbocycles. The summed E-state index contributed by atoms with van der Waals surface area (Å²) in [7, 11) is 0. The average molecular weight is 267 g/mol. The first-order chi connectivity index (χ1) is 9.52. The molecule has 1 nitrogen and oxygen atoms in total. The number of rotatable bonds is 5. The maximum atomic E-state index is 6.29. The van der Waals surface area contributed by atoms with Crippen LogP contribution in [0.4, 0.5) is 0 Å². The quantitative estimate of drug-likeness (QED) is 0.866. The Morgan fingerprint density at radius 2 is 1.50 bits per heavy atom. The molecule has 1 unspecified atom stereocenters. The second-order valence-corrected chi connectivity index (χ2v) is 5.99. The van der Waals surface area contributed by atoms with Gasteiger partial charge in [-0.25, -0.2) is 0 Å². The van der Waals surface area contributed by atoms with E-state index in [1.807, 2.05) is 0 Å². The zero-order valence-corrected chi connectivity index (χ0v) is 12.8. The van der Waals surface area contributed by atoms with Gasteiger partial charge in [-0.05, 0) is 51.2 Å². The summed E-state index contributed by atoms with van der Waals surface area (Å²) in [6.07, 6.45) is 3.07. The summed E-state index contributed by atoms with van der Waals surface area (Å²) in [5.41, 5.74) is 13.0. The van der Waals surface area contributed by atoms with Gasteiger partial charge in [0.1, 0.15) is 0 Å². The topological polar surface area (TPSA) is 26.0 Å². The largest absolute Gasteiger partial charge is 0.327 e. The van der Waals surface area contributed by atoms with E-state index in [0.29, 0.717) is 0 Å². The van der Waals surface area contributed by atoms with Crippen LogP contribution in [0.1, 0.15) is 34.2 Å². The molecule has 0 fully saturated rings. The van der Waals surface area contributed by atoms with Crippen molar-refractivity contribution in [2.24, 2.45) is 5.73 Å². The number of benzene rings is 2. The third kappa shape index (κ3) is 4.50. The zero-order chi connectivity index (χ0) is 14.5. The molecule has 1 atom stereocenters. The van der Waals surface area contributed by atoms with Gasteiger partial charge >= 0.3 is 0 Å². The van der Waals surface area contributed by atoms with Gasteiger partial charge in [0.15, 0.2) is 0 Å². The molecule has 106 valence electrons. The Bertz CT molecular complexity index is 551. The molecule has 2 aromatic rings. The summed E-state index contributed by atoms with van der Waals surface area (Å²) >= 11 is 0. The molecule has 0 heterocycles. The molecule has 0 saturated heterocycles. The summed E-state index contributed by atoms with van der Waals surface area (Å²) in [6.45, 7) is 6.43. The number of hydrogen-bond donors (Lipinski definition) is 1. The predicted octanol–water partition coefficient (Wildman–Crippen LogP) is 4.11.